The van der Waals surface area contributed by atoms with Gasteiger partial charge in [-0.15, -0.1) is 0 Å². The summed E-state index contributed by atoms with van der Waals surface area (Å²) in [4.78, 5) is 12.3. The molecule has 2 rings (SSSR count). The number of carbonyl (C=O) groups excluding carboxylic acids is 1. The summed E-state index contributed by atoms with van der Waals surface area (Å²) in [6.45, 7) is 7.39. The molecule has 0 aliphatic carbocycles. The normalized spacial score (nSPS) is 17.0. The molecule has 0 amide bonds. The molecule has 1 aliphatic heterocycles. The molecule has 0 unspecified atom stereocenters. The zero-order valence-electron chi connectivity index (χ0n) is 14.0. The van der Waals surface area contributed by atoms with Gasteiger partial charge in [0.2, 0.25) is 0 Å². The highest BCUT2D eigenvalue weighted by Crippen LogP contribution is 2.29. The lowest BCUT2D eigenvalue weighted by Crippen LogP contribution is -2.43. The second-order valence-corrected chi connectivity index (χ2v) is 8.66. The van der Waals surface area contributed by atoms with Crippen LogP contribution in [0.15, 0.2) is 29.2 Å². The second kappa shape index (κ2) is 7.01. The summed E-state index contributed by atoms with van der Waals surface area (Å²) in [7, 11) is -3.67. The van der Waals surface area contributed by atoms with Gasteiger partial charge in [0.15, 0.2) is 15.6 Å². The number of rotatable bonds is 5. The van der Waals surface area contributed by atoms with Crippen molar-refractivity contribution in [2.24, 2.45) is 5.92 Å². The number of benzene rings is 1. The first-order valence-electron chi connectivity index (χ1n) is 7.93. The summed E-state index contributed by atoms with van der Waals surface area (Å²) in [6, 6.07) is 6.49. The van der Waals surface area contributed by atoms with E-state index >= 15 is 0 Å². The van der Waals surface area contributed by atoms with Crippen molar-refractivity contribution < 1.29 is 17.9 Å². The molecule has 0 atom stereocenters. The lowest BCUT2D eigenvalue weighted by molar-refractivity contribution is -0.159. The van der Waals surface area contributed by atoms with E-state index in [2.05, 4.69) is 5.32 Å². The number of hydrogen-bond acceptors (Lipinski definition) is 5. The fourth-order valence-corrected chi connectivity index (χ4v) is 3.99. The second-order valence-electron chi connectivity index (χ2n) is 6.67. The van der Waals surface area contributed by atoms with Crippen molar-refractivity contribution in [2.45, 2.75) is 44.1 Å². The third-order valence-corrected chi connectivity index (χ3v) is 5.99. The Kier molecular flexibility index (Phi) is 5.47. The topological polar surface area (TPSA) is 72.5 Å². The standard InChI is InChI=1S/C17H25NO4S/c1-13-4-6-15(7-5-13)23(20,21)12-16(19)22-17(2,3)14-8-10-18-11-9-14/h4-7,14,18H,8-12H2,1-3H3. The van der Waals surface area contributed by atoms with Gasteiger partial charge in [-0.05, 0) is 58.8 Å². The van der Waals surface area contributed by atoms with Crippen LogP contribution in [0.3, 0.4) is 0 Å². The number of esters is 1. The minimum atomic E-state index is -3.67. The lowest BCUT2D eigenvalue weighted by Gasteiger charge is -2.36. The van der Waals surface area contributed by atoms with Crippen LogP contribution in [0.1, 0.15) is 32.3 Å². The molecular weight excluding hydrogens is 314 g/mol. The summed E-state index contributed by atoms with van der Waals surface area (Å²) >= 11 is 0. The molecule has 6 heteroatoms. The Morgan fingerprint density at radius 2 is 1.78 bits per heavy atom. The Morgan fingerprint density at radius 1 is 1.22 bits per heavy atom. The summed E-state index contributed by atoms with van der Waals surface area (Å²) in [6.07, 6.45) is 1.84. The van der Waals surface area contributed by atoms with Crippen LogP contribution in [0.25, 0.3) is 0 Å². The highest BCUT2D eigenvalue weighted by molar-refractivity contribution is 7.92. The Labute approximate surface area is 138 Å². The van der Waals surface area contributed by atoms with Gasteiger partial charge in [0, 0.05) is 5.92 Å². The van der Waals surface area contributed by atoms with Crippen molar-refractivity contribution in [3.8, 4) is 0 Å². The quantitative estimate of drug-likeness (QED) is 0.832. The fraction of sp³-hybridized carbons (Fsp3) is 0.588. The van der Waals surface area contributed by atoms with Gasteiger partial charge in [0.1, 0.15) is 5.60 Å². The van der Waals surface area contributed by atoms with E-state index in [0.29, 0.717) is 0 Å². The van der Waals surface area contributed by atoms with E-state index in [1.165, 1.54) is 12.1 Å². The summed E-state index contributed by atoms with van der Waals surface area (Å²) < 4.78 is 30.1. The monoisotopic (exact) mass is 339 g/mol. The number of hydrogen-bond donors (Lipinski definition) is 1. The predicted octanol–water partition coefficient (Wildman–Crippen LogP) is 2.09. The maximum Gasteiger partial charge on any atom is 0.322 e. The molecule has 1 aromatic carbocycles. The van der Waals surface area contributed by atoms with Gasteiger partial charge in [0.05, 0.1) is 4.90 Å². The van der Waals surface area contributed by atoms with Crippen LogP contribution in [0, 0.1) is 12.8 Å². The van der Waals surface area contributed by atoms with Crippen molar-refractivity contribution in [3.63, 3.8) is 0 Å². The fourth-order valence-electron chi connectivity index (χ4n) is 2.91. The maximum atomic E-state index is 12.3. The average Bonchev–Trinajstić information content (AvgIpc) is 2.47. The molecular formula is C17H25NO4S. The number of sulfone groups is 1. The summed E-state index contributed by atoms with van der Waals surface area (Å²) in [5.74, 6) is -1.06. The van der Waals surface area contributed by atoms with Gasteiger partial charge in [-0.25, -0.2) is 8.42 Å². The van der Waals surface area contributed by atoms with Crippen molar-refractivity contribution in [1.29, 1.82) is 0 Å². The van der Waals surface area contributed by atoms with Crippen LogP contribution in [0.5, 0.6) is 0 Å². The highest BCUT2D eigenvalue weighted by atomic mass is 32.2. The molecule has 128 valence electrons. The number of nitrogens with one attached hydrogen (secondary N) is 1. The van der Waals surface area contributed by atoms with E-state index in [9.17, 15) is 13.2 Å². The number of ether oxygens (including phenoxy) is 1. The minimum absolute atomic E-state index is 0.153. The zero-order chi connectivity index (χ0) is 17.1. The molecule has 1 heterocycles. The van der Waals surface area contributed by atoms with E-state index < -0.39 is 27.2 Å². The predicted molar refractivity (Wildman–Crippen MR) is 89.0 cm³/mol. The minimum Gasteiger partial charge on any atom is -0.459 e. The van der Waals surface area contributed by atoms with Crippen LogP contribution < -0.4 is 5.32 Å². The van der Waals surface area contributed by atoms with E-state index in [1.807, 2.05) is 20.8 Å². The molecule has 1 saturated heterocycles. The third-order valence-electron chi connectivity index (χ3n) is 4.39. The molecule has 0 bridgehead atoms. The van der Waals surface area contributed by atoms with Gasteiger partial charge < -0.3 is 10.1 Å². The van der Waals surface area contributed by atoms with Gasteiger partial charge in [-0.3, -0.25) is 4.79 Å². The molecule has 0 spiro atoms. The number of piperidine rings is 1. The van der Waals surface area contributed by atoms with Gasteiger partial charge in [-0.1, -0.05) is 17.7 Å². The smallest absolute Gasteiger partial charge is 0.322 e. The molecule has 1 aromatic rings. The first kappa shape index (κ1) is 17.9. The van der Waals surface area contributed by atoms with Gasteiger partial charge >= 0.3 is 5.97 Å². The van der Waals surface area contributed by atoms with Crippen molar-refractivity contribution in [1.82, 2.24) is 5.32 Å². The number of aryl methyl sites for hydroxylation is 1. The van der Waals surface area contributed by atoms with Crippen LogP contribution >= 0.6 is 0 Å². The summed E-state index contributed by atoms with van der Waals surface area (Å²) in [5.41, 5.74) is 0.320. The van der Waals surface area contributed by atoms with Crippen molar-refractivity contribution >= 4 is 15.8 Å². The van der Waals surface area contributed by atoms with E-state index in [-0.39, 0.29) is 10.8 Å². The molecule has 23 heavy (non-hydrogen) atoms. The molecule has 1 fully saturated rings. The molecule has 0 aromatic heterocycles. The van der Waals surface area contributed by atoms with E-state index in [0.717, 1.165) is 31.5 Å². The van der Waals surface area contributed by atoms with Crippen molar-refractivity contribution in [3.05, 3.63) is 29.8 Å². The Bertz CT molecular complexity index is 644. The van der Waals surface area contributed by atoms with Crippen molar-refractivity contribution in [2.75, 3.05) is 18.8 Å². The first-order chi connectivity index (χ1) is 10.7. The van der Waals surface area contributed by atoms with Crippen LogP contribution in [-0.2, 0) is 19.4 Å². The maximum absolute atomic E-state index is 12.3. The Morgan fingerprint density at radius 3 is 2.35 bits per heavy atom. The largest absolute Gasteiger partial charge is 0.459 e. The SMILES string of the molecule is Cc1ccc(S(=O)(=O)CC(=O)OC(C)(C)C2CCNCC2)cc1. The van der Waals surface area contributed by atoms with Crippen LogP contribution in [0.4, 0.5) is 0 Å². The Hall–Kier alpha value is -1.40. The van der Waals surface area contributed by atoms with Crippen LogP contribution in [0.2, 0.25) is 0 Å². The van der Waals surface area contributed by atoms with E-state index in [4.69, 9.17) is 4.74 Å². The third kappa shape index (κ3) is 4.78. The van der Waals surface area contributed by atoms with E-state index in [1.54, 1.807) is 12.1 Å². The molecule has 1 aliphatic rings. The highest BCUT2D eigenvalue weighted by Gasteiger charge is 2.35. The average molecular weight is 339 g/mol. The Balaban J connectivity index is 2.01. The van der Waals surface area contributed by atoms with Crippen LogP contribution in [-0.4, -0.2) is 38.8 Å². The lowest BCUT2D eigenvalue weighted by atomic mass is 9.83. The van der Waals surface area contributed by atoms with Gasteiger partial charge in [0.25, 0.3) is 0 Å². The molecule has 1 N–H and O–H groups in total. The zero-order valence-corrected chi connectivity index (χ0v) is 14.8. The molecule has 0 radical (unpaired) electrons. The summed E-state index contributed by atoms with van der Waals surface area (Å²) in [5, 5.41) is 3.27. The number of carbonyl (C=O) groups is 1. The molecule has 0 saturated carbocycles. The van der Waals surface area contributed by atoms with Gasteiger partial charge in [-0.2, -0.15) is 0 Å². The first-order valence-corrected chi connectivity index (χ1v) is 9.58. The molecule has 5 nitrogen and oxygen atoms in total.